The quantitative estimate of drug-likeness (QED) is 0.373. The lowest BCUT2D eigenvalue weighted by Crippen LogP contribution is -2.30. The van der Waals surface area contributed by atoms with Crippen LogP contribution in [0.4, 0.5) is 0 Å². The van der Waals surface area contributed by atoms with Crippen LogP contribution < -0.4 is 10.1 Å². The Hall–Kier alpha value is -3.58. The lowest BCUT2D eigenvalue weighted by molar-refractivity contribution is 0.0938. The molecule has 0 atom stereocenters. The monoisotopic (exact) mass is 446 g/mol. The van der Waals surface area contributed by atoms with Gasteiger partial charge in [0, 0.05) is 41.8 Å². The maximum atomic E-state index is 12.3. The summed E-state index contributed by atoms with van der Waals surface area (Å²) in [6.07, 6.45) is 4.36. The van der Waals surface area contributed by atoms with Gasteiger partial charge in [-0.2, -0.15) is 0 Å². The SMILES string of the molecule is COc1ccccc1CN(CCc1c[nH]c2ccccc12)Cc1nc(C(=O)NC(C)C)co1. The highest BCUT2D eigenvalue weighted by Crippen LogP contribution is 2.22. The molecule has 2 N–H and O–H groups in total. The molecule has 4 rings (SSSR count). The van der Waals surface area contributed by atoms with Crippen molar-refractivity contribution in [3.63, 3.8) is 0 Å². The summed E-state index contributed by atoms with van der Waals surface area (Å²) >= 11 is 0. The van der Waals surface area contributed by atoms with E-state index < -0.39 is 0 Å². The zero-order chi connectivity index (χ0) is 23.2. The van der Waals surface area contributed by atoms with Gasteiger partial charge in [0.2, 0.25) is 5.89 Å². The van der Waals surface area contributed by atoms with Crippen molar-refractivity contribution in [3.8, 4) is 5.75 Å². The van der Waals surface area contributed by atoms with Gasteiger partial charge in [0.25, 0.3) is 5.91 Å². The van der Waals surface area contributed by atoms with Gasteiger partial charge in [-0.15, -0.1) is 0 Å². The third kappa shape index (κ3) is 5.62. The molecule has 7 heteroatoms. The van der Waals surface area contributed by atoms with Gasteiger partial charge in [0.05, 0.1) is 13.7 Å². The number of aromatic amines is 1. The number of ether oxygens (including phenoxy) is 1. The highest BCUT2D eigenvalue weighted by molar-refractivity contribution is 5.92. The van der Waals surface area contributed by atoms with Crippen molar-refractivity contribution in [3.05, 3.63) is 83.7 Å². The molecule has 0 unspecified atom stereocenters. The van der Waals surface area contributed by atoms with Gasteiger partial charge in [0.15, 0.2) is 5.69 Å². The van der Waals surface area contributed by atoms with E-state index in [0.717, 1.165) is 29.8 Å². The maximum Gasteiger partial charge on any atom is 0.273 e. The molecular formula is C26H30N4O3. The van der Waals surface area contributed by atoms with E-state index >= 15 is 0 Å². The first-order chi connectivity index (χ1) is 16.0. The van der Waals surface area contributed by atoms with E-state index in [-0.39, 0.29) is 11.9 Å². The minimum atomic E-state index is -0.227. The Morgan fingerprint density at radius 3 is 2.73 bits per heavy atom. The normalized spacial score (nSPS) is 11.4. The van der Waals surface area contributed by atoms with E-state index in [1.807, 2.05) is 38.1 Å². The van der Waals surface area contributed by atoms with E-state index in [4.69, 9.17) is 9.15 Å². The maximum absolute atomic E-state index is 12.3. The van der Waals surface area contributed by atoms with Gasteiger partial charge in [0.1, 0.15) is 12.0 Å². The van der Waals surface area contributed by atoms with Crippen LogP contribution >= 0.6 is 0 Å². The Morgan fingerprint density at radius 1 is 1.12 bits per heavy atom. The lowest BCUT2D eigenvalue weighted by Gasteiger charge is -2.22. The summed E-state index contributed by atoms with van der Waals surface area (Å²) < 4.78 is 11.2. The number of hydrogen-bond donors (Lipinski definition) is 2. The molecule has 7 nitrogen and oxygen atoms in total. The number of carbonyl (C=O) groups is 1. The van der Waals surface area contributed by atoms with Crippen LogP contribution in [-0.2, 0) is 19.5 Å². The number of carbonyl (C=O) groups excluding carboxylic acids is 1. The van der Waals surface area contributed by atoms with E-state index in [0.29, 0.717) is 24.7 Å². The molecule has 33 heavy (non-hydrogen) atoms. The Balaban J connectivity index is 1.52. The van der Waals surface area contributed by atoms with E-state index in [9.17, 15) is 4.79 Å². The fourth-order valence-electron chi connectivity index (χ4n) is 3.92. The van der Waals surface area contributed by atoms with Crippen LogP contribution in [0.3, 0.4) is 0 Å². The standard InChI is InChI=1S/C26H30N4O3/c1-18(2)28-26(31)23-17-33-25(29-23)16-30(15-20-8-4-7-11-24(20)32-3)13-12-19-14-27-22-10-6-5-9-21(19)22/h4-11,14,17-18,27H,12-13,15-16H2,1-3H3,(H,28,31). The first-order valence-corrected chi connectivity index (χ1v) is 11.2. The molecule has 4 aromatic rings. The Labute approximate surface area is 193 Å². The first-order valence-electron chi connectivity index (χ1n) is 11.2. The van der Waals surface area contributed by atoms with Crippen molar-refractivity contribution >= 4 is 16.8 Å². The largest absolute Gasteiger partial charge is 0.496 e. The van der Waals surface area contributed by atoms with Crippen molar-refractivity contribution in [2.24, 2.45) is 0 Å². The minimum Gasteiger partial charge on any atom is -0.496 e. The number of nitrogens with zero attached hydrogens (tertiary/aromatic N) is 2. The predicted molar refractivity (Wildman–Crippen MR) is 128 cm³/mol. The lowest BCUT2D eigenvalue weighted by atomic mass is 10.1. The fourth-order valence-corrected chi connectivity index (χ4v) is 3.92. The van der Waals surface area contributed by atoms with Gasteiger partial charge in [-0.1, -0.05) is 36.4 Å². The van der Waals surface area contributed by atoms with E-state index in [2.05, 4.69) is 50.6 Å². The minimum absolute atomic E-state index is 0.0378. The van der Waals surface area contributed by atoms with Crippen LogP contribution in [0.15, 0.2) is 65.4 Å². The summed E-state index contributed by atoms with van der Waals surface area (Å²) in [6.45, 7) is 5.77. The number of H-pyrrole nitrogens is 1. The molecule has 0 bridgehead atoms. The van der Waals surface area contributed by atoms with Crippen LogP contribution in [0.1, 0.15) is 41.4 Å². The summed E-state index contributed by atoms with van der Waals surface area (Å²) in [5.41, 5.74) is 3.79. The summed E-state index contributed by atoms with van der Waals surface area (Å²) in [7, 11) is 1.68. The smallest absolute Gasteiger partial charge is 0.273 e. The zero-order valence-corrected chi connectivity index (χ0v) is 19.3. The van der Waals surface area contributed by atoms with Gasteiger partial charge >= 0.3 is 0 Å². The van der Waals surface area contributed by atoms with Crippen molar-refractivity contribution in [1.29, 1.82) is 0 Å². The van der Waals surface area contributed by atoms with E-state index in [1.165, 1.54) is 17.2 Å². The first kappa shape index (κ1) is 22.6. The Morgan fingerprint density at radius 2 is 1.91 bits per heavy atom. The average molecular weight is 447 g/mol. The molecular weight excluding hydrogens is 416 g/mol. The second kappa shape index (κ2) is 10.4. The zero-order valence-electron chi connectivity index (χ0n) is 19.3. The molecule has 2 aromatic carbocycles. The number of methoxy groups -OCH3 is 1. The van der Waals surface area contributed by atoms with Crippen LogP contribution in [-0.4, -0.2) is 40.5 Å². The van der Waals surface area contributed by atoms with Crippen LogP contribution in [0.5, 0.6) is 5.75 Å². The molecule has 0 aliphatic rings. The number of rotatable bonds is 10. The number of para-hydroxylation sites is 2. The van der Waals surface area contributed by atoms with Crippen molar-refractivity contribution in [2.45, 2.75) is 39.4 Å². The number of nitrogens with one attached hydrogen (secondary N) is 2. The summed E-state index contributed by atoms with van der Waals surface area (Å²) in [4.78, 5) is 22.3. The summed E-state index contributed by atoms with van der Waals surface area (Å²) in [5.74, 6) is 1.13. The molecule has 0 saturated heterocycles. The molecule has 0 fully saturated rings. The third-order valence-electron chi connectivity index (χ3n) is 5.52. The van der Waals surface area contributed by atoms with Gasteiger partial charge in [-0.05, 0) is 38.0 Å². The van der Waals surface area contributed by atoms with Crippen LogP contribution in [0.2, 0.25) is 0 Å². The molecule has 0 saturated carbocycles. The summed E-state index contributed by atoms with van der Waals surface area (Å²) in [6, 6.07) is 16.4. The van der Waals surface area contributed by atoms with Gasteiger partial charge in [-0.25, -0.2) is 4.98 Å². The number of benzene rings is 2. The van der Waals surface area contributed by atoms with Crippen LogP contribution in [0.25, 0.3) is 10.9 Å². The molecule has 2 aromatic heterocycles. The fraction of sp³-hybridized carbons (Fsp3) is 0.308. The molecule has 0 radical (unpaired) electrons. The molecule has 2 heterocycles. The molecule has 0 spiro atoms. The Kier molecular flexibility index (Phi) is 7.10. The Bertz CT molecular complexity index is 1210. The highest BCUT2D eigenvalue weighted by Gasteiger charge is 2.17. The molecule has 0 aliphatic heterocycles. The van der Waals surface area contributed by atoms with Gasteiger partial charge < -0.3 is 19.5 Å². The predicted octanol–water partition coefficient (Wildman–Crippen LogP) is 4.55. The average Bonchev–Trinajstić information content (AvgIpc) is 3.44. The molecule has 1 amide bonds. The number of oxazole rings is 1. The number of fused-ring (bicyclic) bond motifs is 1. The molecule has 0 aliphatic carbocycles. The topological polar surface area (TPSA) is 83.4 Å². The number of aromatic nitrogens is 2. The third-order valence-corrected chi connectivity index (χ3v) is 5.52. The molecule has 172 valence electrons. The number of hydrogen-bond acceptors (Lipinski definition) is 5. The second-order valence-electron chi connectivity index (χ2n) is 8.39. The summed E-state index contributed by atoms with van der Waals surface area (Å²) in [5, 5.41) is 4.08. The number of amides is 1. The highest BCUT2D eigenvalue weighted by atomic mass is 16.5. The van der Waals surface area contributed by atoms with Crippen LogP contribution in [0, 0.1) is 0 Å². The second-order valence-corrected chi connectivity index (χ2v) is 8.39. The van der Waals surface area contributed by atoms with Gasteiger partial charge in [-0.3, -0.25) is 9.69 Å². The van der Waals surface area contributed by atoms with Crippen molar-refractivity contribution in [1.82, 2.24) is 20.2 Å². The van der Waals surface area contributed by atoms with Crippen molar-refractivity contribution in [2.75, 3.05) is 13.7 Å². The van der Waals surface area contributed by atoms with E-state index in [1.54, 1.807) is 7.11 Å². The van der Waals surface area contributed by atoms with Crippen molar-refractivity contribution < 1.29 is 13.9 Å².